The van der Waals surface area contributed by atoms with E-state index in [1.807, 2.05) is 30.3 Å². The Morgan fingerprint density at radius 1 is 1.35 bits per heavy atom. The molecule has 1 aromatic rings. The second-order valence-corrected chi connectivity index (χ2v) is 5.11. The van der Waals surface area contributed by atoms with Crippen LogP contribution in [0.2, 0.25) is 0 Å². The van der Waals surface area contributed by atoms with Crippen molar-refractivity contribution < 1.29 is 4.79 Å². The third-order valence-corrected chi connectivity index (χ3v) is 3.34. The number of amides is 1. The number of carbonyl (C=O) groups is 1. The number of carbonyl (C=O) groups excluding carboxylic acids is 1. The van der Waals surface area contributed by atoms with Crippen molar-refractivity contribution in [3.8, 4) is 6.07 Å². The first kappa shape index (κ1) is 16.2. The molecule has 0 spiro atoms. The van der Waals surface area contributed by atoms with Gasteiger partial charge in [-0.25, -0.2) is 0 Å². The van der Waals surface area contributed by atoms with E-state index >= 15 is 0 Å². The van der Waals surface area contributed by atoms with E-state index in [9.17, 15) is 4.79 Å². The third-order valence-electron chi connectivity index (χ3n) is 3.34. The van der Waals surface area contributed by atoms with Gasteiger partial charge in [0, 0.05) is 13.0 Å². The molecule has 0 bridgehead atoms. The van der Waals surface area contributed by atoms with Gasteiger partial charge in [-0.3, -0.25) is 4.79 Å². The number of hydrogen-bond acceptors (Lipinski definition) is 3. The summed E-state index contributed by atoms with van der Waals surface area (Å²) in [6, 6.07) is 11.8. The summed E-state index contributed by atoms with van der Waals surface area (Å²) in [6.45, 7) is 3.39. The van der Waals surface area contributed by atoms with E-state index in [2.05, 4.69) is 13.0 Å². The van der Waals surface area contributed by atoms with Crippen molar-refractivity contribution in [1.29, 1.82) is 5.26 Å². The van der Waals surface area contributed by atoms with Gasteiger partial charge in [0.05, 0.1) is 6.07 Å². The maximum atomic E-state index is 12.2. The molecule has 0 aliphatic rings. The first-order valence-electron chi connectivity index (χ1n) is 7.06. The predicted molar refractivity (Wildman–Crippen MR) is 79.5 cm³/mol. The Morgan fingerprint density at radius 3 is 2.65 bits per heavy atom. The molecule has 0 aliphatic heterocycles. The zero-order valence-corrected chi connectivity index (χ0v) is 12.1. The number of nitriles is 1. The van der Waals surface area contributed by atoms with Crippen molar-refractivity contribution in [2.45, 2.75) is 32.7 Å². The maximum Gasteiger partial charge on any atom is 0.223 e. The second-order valence-electron chi connectivity index (χ2n) is 5.11. The Labute approximate surface area is 121 Å². The van der Waals surface area contributed by atoms with E-state index in [-0.39, 0.29) is 12.5 Å². The van der Waals surface area contributed by atoms with E-state index < -0.39 is 0 Å². The molecule has 0 aliphatic carbocycles. The second kappa shape index (κ2) is 9.11. The molecule has 4 heteroatoms. The van der Waals surface area contributed by atoms with E-state index in [0.717, 1.165) is 18.4 Å². The number of hydrogen-bond donors (Lipinski definition) is 1. The number of nitrogens with zero attached hydrogens (tertiary/aromatic N) is 2. The highest BCUT2D eigenvalue weighted by Crippen LogP contribution is 2.12. The molecule has 1 rings (SSSR count). The van der Waals surface area contributed by atoms with Gasteiger partial charge < -0.3 is 10.6 Å². The molecule has 20 heavy (non-hydrogen) atoms. The van der Waals surface area contributed by atoms with Gasteiger partial charge >= 0.3 is 0 Å². The maximum absolute atomic E-state index is 12.2. The number of rotatable bonds is 8. The summed E-state index contributed by atoms with van der Waals surface area (Å²) in [7, 11) is 0. The Kier molecular flexibility index (Phi) is 7.38. The summed E-state index contributed by atoms with van der Waals surface area (Å²) >= 11 is 0. The molecule has 0 fully saturated rings. The normalized spacial score (nSPS) is 11.7. The largest absolute Gasteiger partial charge is 0.330 e. The molecular weight excluding hydrogens is 250 g/mol. The summed E-state index contributed by atoms with van der Waals surface area (Å²) < 4.78 is 0. The zero-order chi connectivity index (χ0) is 14.8. The van der Waals surface area contributed by atoms with Crippen molar-refractivity contribution in [1.82, 2.24) is 4.90 Å². The molecule has 108 valence electrons. The lowest BCUT2D eigenvalue weighted by atomic mass is 10.0. The lowest BCUT2D eigenvalue weighted by molar-refractivity contribution is -0.131. The minimum absolute atomic E-state index is 0.0410. The Balaban J connectivity index is 2.53. The van der Waals surface area contributed by atoms with Crippen LogP contribution in [0.3, 0.4) is 0 Å². The van der Waals surface area contributed by atoms with Gasteiger partial charge in [0.2, 0.25) is 5.91 Å². The lowest BCUT2D eigenvalue weighted by Crippen LogP contribution is -2.31. The summed E-state index contributed by atoms with van der Waals surface area (Å²) in [5.74, 6) is 0.490. The third kappa shape index (κ3) is 5.85. The van der Waals surface area contributed by atoms with E-state index in [1.165, 1.54) is 0 Å². The van der Waals surface area contributed by atoms with Crippen LogP contribution < -0.4 is 5.73 Å². The summed E-state index contributed by atoms with van der Waals surface area (Å²) in [4.78, 5) is 13.8. The fourth-order valence-electron chi connectivity index (χ4n) is 2.08. The van der Waals surface area contributed by atoms with E-state index in [0.29, 0.717) is 25.4 Å². The van der Waals surface area contributed by atoms with Crippen LogP contribution in [0.25, 0.3) is 0 Å². The van der Waals surface area contributed by atoms with Crippen LogP contribution in [0, 0.1) is 17.2 Å². The average Bonchev–Trinajstić information content (AvgIpc) is 2.46. The summed E-state index contributed by atoms with van der Waals surface area (Å²) in [5.41, 5.74) is 6.55. The predicted octanol–water partition coefficient (Wildman–Crippen LogP) is 2.30. The summed E-state index contributed by atoms with van der Waals surface area (Å²) in [5, 5.41) is 8.86. The van der Waals surface area contributed by atoms with Gasteiger partial charge in [-0.2, -0.15) is 5.26 Å². The molecule has 0 saturated carbocycles. The van der Waals surface area contributed by atoms with Crippen LogP contribution >= 0.6 is 0 Å². The van der Waals surface area contributed by atoms with Crippen LogP contribution in [0.1, 0.15) is 31.7 Å². The fourth-order valence-corrected chi connectivity index (χ4v) is 2.08. The molecule has 1 amide bonds. The van der Waals surface area contributed by atoms with Crippen molar-refractivity contribution in [2.75, 3.05) is 13.1 Å². The Morgan fingerprint density at radius 2 is 2.05 bits per heavy atom. The topological polar surface area (TPSA) is 70.1 Å². The zero-order valence-electron chi connectivity index (χ0n) is 12.1. The SMILES string of the molecule is CC(CCN)CCC(=O)N(CC#N)Cc1ccccc1. The molecular formula is C16H23N3O. The molecule has 0 radical (unpaired) electrons. The van der Waals surface area contributed by atoms with Gasteiger partial charge in [0.1, 0.15) is 6.54 Å². The van der Waals surface area contributed by atoms with Gasteiger partial charge in [-0.1, -0.05) is 37.3 Å². The number of benzene rings is 1. The van der Waals surface area contributed by atoms with Crippen LogP contribution in [-0.2, 0) is 11.3 Å². The molecule has 2 N–H and O–H groups in total. The molecule has 0 saturated heterocycles. The minimum atomic E-state index is 0.0410. The smallest absolute Gasteiger partial charge is 0.223 e. The van der Waals surface area contributed by atoms with Gasteiger partial charge in [-0.15, -0.1) is 0 Å². The lowest BCUT2D eigenvalue weighted by Gasteiger charge is -2.20. The molecule has 0 aromatic heterocycles. The first-order chi connectivity index (χ1) is 9.67. The van der Waals surface area contributed by atoms with Crippen LogP contribution in [0.4, 0.5) is 0 Å². The van der Waals surface area contributed by atoms with Crippen molar-refractivity contribution in [3.05, 3.63) is 35.9 Å². The van der Waals surface area contributed by atoms with E-state index in [1.54, 1.807) is 4.90 Å². The fraction of sp³-hybridized carbons (Fsp3) is 0.500. The quantitative estimate of drug-likeness (QED) is 0.739. The molecule has 1 atom stereocenters. The van der Waals surface area contributed by atoms with Crippen molar-refractivity contribution in [3.63, 3.8) is 0 Å². The Bertz CT molecular complexity index is 439. The van der Waals surface area contributed by atoms with Gasteiger partial charge in [-0.05, 0) is 30.9 Å². The highest BCUT2D eigenvalue weighted by Gasteiger charge is 2.14. The van der Waals surface area contributed by atoms with Crippen LogP contribution in [0.5, 0.6) is 0 Å². The minimum Gasteiger partial charge on any atom is -0.330 e. The monoisotopic (exact) mass is 273 g/mol. The first-order valence-corrected chi connectivity index (χ1v) is 7.06. The number of nitrogens with two attached hydrogens (primary N) is 1. The van der Waals surface area contributed by atoms with Crippen LogP contribution in [0.15, 0.2) is 30.3 Å². The standard InChI is InChI=1S/C16H23N3O/c1-14(9-10-17)7-8-16(20)19(12-11-18)13-15-5-3-2-4-6-15/h2-6,14H,7-10,12-13,17H2,1H3. The molecule has 1 unspecified atom stereocenters. The van der Waals surface area contributed by atoms with Gasteiger partial charge in [0.15, 0.2) is 0 Å². The van der Waals surface area contributed by atoms with Crippen LogP contribution in [-0.4, -0.2) is 23.9 Å². The van der Waals surface area contributed by atoms with Crippen molar-refractivity contribution in [2.24, 2.45) is 11.7 Å². The van der Waals surface area contributed by atoms with E-state index in [4.69, 9.17) is 11.0 Å². The average molecular weight is 273 g/mol. The highest BCUT2D eigenvalue weighted by atomic mass is 16.2. The van der Waals surface area contributed by atoms with Crippen molar-refractivity contribution >= 4 is 5.91 Å². The summed E-state index contributed by atoms with van der Waals surface area (Å²) in [6.07, 6.45) is 2.24. The molecule has 1 aromatic carbocycles. The Hall–Kier alpha value is -1.86. The van der Waals surface area contributed by atoms with Gasteiger partial charge in [0.25, 0.3) is 0 Å². The molecule has 4 nitrogen and oxygen atoms in total. The highest BCUT2D eigenvalue weighted by molar-refractivity contribution is 5.76. The molecule has 0 heterocycles.